The number of hydrogen-bond donors (Lipinski definition) is 2. The van der Waals surface area contributed by atoms with E-state index < -0.39 is 5.60 Å². The number of benzene rings is 2. The summed E-state index contributed by atoms with van der Waals surface area (Å²) >= 11 is 1.68. The smallest absolute Gasteiger partial charge is 0.207 e. The van der Waals surface area contributed by atoms with E-state index in [1.54, 1.807) is 11.8 Å². The minimum absolute atomic E-state index is 0.00531. The first-order chi connectivity index (χ1) is 12.5. The van der Waals surface area contributed by atoms with Crippen LogP contribution in [-0.2, 0) is 5.60 Å². The molecule has 1 atom stereocenters. The maximum absolute atomic E-state index is 11.7. The number of nitrogens with zero attached hydrogens (tertiary/aromatic N) is 3. The van der Waals surface area contributed by atoms with Crippen LogP contribution in [0.3, 0.4) is 0 Å². The monoisotopic (exact) mass is 366 g/mol. The van der Waals surface area contributed by atoms with E-state index in [1.165, 1.54) is 0 Å². The van der Waals surface area contributed by atoms with Crippen LogP contribution >= 0.6 is 11.8 Å². The van der Waals surface area contributed by atoms with Gasteiger partial charge in [-0.15, -0.1) is 0 Å². The van der Waals surface area contributed by atoms with Crippen molar-refractivity contribution >= 4 is 33.9 Å². The molecule has 134 valence electrons. The Morgan fingerprint density at radius 1 is 1.15 bits per heavy atom. The van der Waals surface area contributed by atoms with Gasteiger partial charge in [-0.2, -0.15) is 0 Å². The number of fused-ring (bicyclic) bond motifs is 1. The number of nitrogen functional groups attached to an aromatic ring is 1. The third-order valence-corrected chi connectivity index (χ3v) is 5.89. The van der Waals surface area contributed by atoms with E-state index in [4.69, 9.17) is 5.73 Å². The highest BCUT2D eigenvalue weighted by Gasteiger charge is 2.35. The molecule has 1 aliphatic heterocycles. The zero-order chi connectivity index (χ0) is 18.3. The SMILES string of the molecule is CC(C)C(O)(c1ccccc1)c1ccc2nc(N)n(C3=NCCS3)c2c1. The molecule has 1 aromatic heterocycles. The van der Waals surface area contributed by atoms with Gasteiger partial charge < -0.3 is 10.8 Å². The van der Waals surface area contributed by atoms with Crippen LogP contribution in [0.2, 0.25) is 0 Å². The second-order valence-electron chi connectivity index (χ2n) is 6.81. The van der Waals surface area contributed by atoms with E-state index in [2.05, 4.69) is 9.98 Å². The molecule has 26 heavy (non-hydrogen) atoms. The summed E-state index contributed by atoms with van der Waals surface area (Å²) in [5.74, 6) is 1.38. The van der Waals surface area contributed by atoms with Crippen LogP contribution in [0, 0.1) is 5.92 Å². The van der Waals surface area contributed by atoms with E-state index in [0.717, 1.165) is 39.6 Å². The minimum Gasteiger partial charge on any atom is -0.380 e. The van der Waals surface area contributed by atoms with Gasteiger partial charge in [0.05, 0.1) is 17.6 Å². The molecule has 0 aliphatic carbocycles. The summed E-state index contributed by atoms with van der Waals surface area (Å²) in [5, 5.41) is 12.5. The molecule has 1 unspecified atom stereocenters. The highest BCUT2D eigenvalue weighted by molar-refractivity contribution is 8.14. The van der Waals surface area contributed by atoms with Gasteiger partial charge in [-0.1, -0.05) is 62.0 Å². The van der Waals surface area contributed by atoms with Crippen LogP contribution in [0.15, 0.2) is 53.5 Å². The lowest BCUT2D eigenvalue weighted by atomic mass is 9.78. The summed E-state index contributed by atoms with van der Waals surface area (Å²) in [5.41, 5.74) is 8.45. The van der Waals surface area contributed by atoms with Crippen molar-refractivity contribution in [3.8, 4) is 0 Å². The van der Waals surface area contributed by atoms with Crippen LogP contribution in [-0.4, -0.2) is 32.1 Å². The van der Waals surface area contributed by atoms with Gasteiger partial charge in [0, 0.05) is 5.75 Å². The van der Waals surface area contributed by atoms with Crippen molar-refractivity contribution in [3.05, 3.63) is 59.7 Å². The fraction of sp³-hybridized carbons (Fsp3) is 0.300. The molecule has 6 heteroatoms. The summed E-state index contributed by atoms with van der Waals surface area (Å²) in [4.78, 5) is 9.00. The molecule has 0 bridgehead atoms. The number of aliphatic hydroxyl groups is 1. The number of hydrogen-bond acceptors (Lipinski definition) is 5. The standard InChI is InChI=1S/C20H22N4OS/c1-13(2)20(25,14-6-4-3-5-7-14)15-8-9-16-17(12-15)24(18(21)23-16)19-22-10-11-26-19/h3-9,12-13,25H,10-11H2,1-2H3,(H2,21,23). The summed E-state index contributed by atoms with van der Waals surface area (Å²) in [6, 6.07) is 15.6. The maximum atomic E-state index is 11.7. The first-order valence-electron chi connectivity index (χ1n) is 8.76. The van der Waals surface area contributed by atoms with Crippen molar-refractivity contribution in [2.24, 2.45) is 10.9 Å². The predicted octanol–water partition coefficient (Wildman–Crippen LogP) is 3.46. The topological polar surface area (TPSA) is 76.4 Å². The van der Waals surface area contributed by atoms with Crippen molar-refractivity contribution < 1.29 is 5.11 Å². The van der Waals surface area contributed by atoms with E-state index in [9.17, 15) is 5.11 Å². The lowest BCUT2D eigenvalue weighted by molar-refractivity contribution is 0.0319. The molecule has 4 rings (SSSR count). The van der Waals surface area contributed by atoms with Crippen LogP contribution < -0.4 is 5.73 Å². The maximum Gasteiger partial charge on any atom is 0.207 e. The molecule has 3 N–H and O–H groups in total. The Balaban J connectivity index is 1.92. The number of thioether (sulfide) groups is 1. The Labute approximate surface area is 157 Å². The molecule has 0 saturated carbocycles. The molecular formula is C20H22N4OS. The van der Waals surface area contributed by atoms with Crippen molar-refractivity contribution in [1.82, 2.24) is 9.55 Å². The fourth-order valence-electron chi connectivity index (χ4n) is 3.52. The average molecular weight is 366 g/mol. The molecule has 0 spiro atoms. The van der Waals surface area contributed by atoms with Gasteiger partial charge in [-0.25, -0.2) is 4.98 Å². The normalized spacial score (nSPS) is 16.8. The van der Waals surface area contributed by atoms with Crippen LogP contribution in [0.1, 0.15) is 25.0 Å². The van der Waals surface area contributed by atoms with Gasteiger partial charge in [0.1, 0.15) is 5.60 Å². The Kier molecular flexibility index (Phi) is 4.25. The second-order valence-corrected chi connectivity index (χ2v) is 7.87. The highest BCUT2D eigenvalue weighted by atomic mass is 32.2. The van der Waals surface area contributed by atoms with Gasteiger partial charge in [0.25, 0.3) is 0 Å². The molecule has 0 saturated heterocycles. The first-order valence-corrected chi connectivity index (χ1v) is 9.74. The molecule has 3 aromatic rings. The largest absolute Gasteiger partial charge is 0.380 e. The lowest BCUT2D eigenvalue weighted by Gasteiger charge is -2.33. The molecule has 0 amide bonds. The van der Waals surface area contributed by atoms with Gasteiger partial charge in [-0.3, -0.25) is 9.56 Å². The molecular weight excluding hydrogens is 344 g/mol. The minimum atomic E-state index is -1.09. The van der Waals surface area contributed by atoms with Crippen LogP contribution in [0.25, 0.3) is 11.0 Å². The fourth-order valence-corrected chi connectivity index (χ4v) is 4.39. The summed E-state index contributed by atoms with van der Waals surface area (Å²) < 4.78 is 1.89. The highest BCUT2D eigenvalue weighted by Crippen LogP contribution is 2.38. The van der Waals surface area contributed by atoms with Gasteiger partial charge >= 0.3 is 0 Å². The molecule has 2 heterocycles. The van der Waals surface area contributed by atoms with Crippen LogP contribution in [0.5, 0.6) is 0 Å². The van der Waals surface area contributed by atoms with E-state index in [0.29, 0.717) is 5.95 Å². The quantitative estimate of drug-likeness (QED) is 0.744. The summed E-state index contributed by atoms with van der Waals surface area (Å²) in [7, 11) is 0. The summed E-state index contributed by atoms with van der Waals surface area (Å²) in [6.45, 7) is 4.85. The molecule has 5 nitrogen and oxygen atoms in total. The van der Waals surface area contributed by atoms with Crippen molar-refractivity contribution in [2.75, 3.05) is 18.0 Å². The Bertz CT molecular complexity index is 980. The Morgan fingerprint density at radius 2 is 1.92 bits per heavy atom. The lowest BCUT2D eigenvalue weighted by Crippen LogP contribution is -2.33. The molecule has 2 aromatic carbocycles. The second kappa shape index (κ2) is 6.45. The Hall–Kier alpha value is -2.31. The number of imidazole rings is 1. The van der Waals surface area contributed by atoms with Gasteiger partial charge in [-0.05, 0) is 29.2 Å². The third kappa shape index (κ3) is 2.61. The molecule has 1 aliphatic rings. The number of aliphatic imine (C=N–C) groups is 1. The molecule has 0 fully saturated rings. The zero-order valence-corrected chi connectivity index (χ0v) is 15.7. The Morgan fingerprint density at radius 3 is 2.58 bits per heavy atom. The van der Waals surface area contributed by atoms with Gasteiger partial charge in [0.2, 0.25) is 5.95 Å². The number of rotatable bonds is 3. The van der Waals surface area contributed by atoms with Crippen molar-refractivity contribution in [1.29, 1.82) is 0 Å². The third-order valence-electron chi connectivity index (χ3n) is 4.93. The molecule has 0 radical (unpaired) electrons. The summed E-state index contributed by atoms with van der Waals surface area (Å²) in [6.07, 6.45) is 0. The van der Waals surface area contributed by atoms with Crippen molar-refractivity contribution in [3.63, 3.8) is 0 Å². The number of nitrogens with two attached hydrogens (primary N) is 1. The number of aromatic nitrogens is 2. The van der Waals surface area contributed by atoms with E-state index in [1.807, 2.05) is 66.9 Å². The number of anilines is 1. The van der Waals surface area contributed by atoms with Gasteiger partial charge in [0.15, 0.2) is 5.17 Å². The zero-order valence-electron chi connectivity index (χ0n) is 14.9. The average Bonchev–Trinajstić information content (AvgIpc) is 3.27. The van der Waals surface area contributed by atoms with Crippen molar-refractivity contribution in [2.45, 2.75) is 19.4 Å². The predicted molar refractivity (Wildman–Crippen MR) is 109 cm³/mol. The van der Waals surface area contributed by atoms with E-state index >= 15 is 0 Å². The first kappa shape index (κ1) is 17.1. The van der Waals surface area contributed by atoms with Crippen LogP contribution in [0.4, 0.5) is 5.95 Å². The van der Waals surface area contributed by atoms with E-state index in [-0.39, 0.29) is 5.92 Å².